The van der Waals surface area contributed by atoms with Gasteiger partial charge >= 0.3 is 0 Å². The molecule has 2 heterocycles. The van der Waals surface area contributed by atoms with E-state index in [0.29, 0.717) is 12.5 Å². The highest BCUT2D eigenvalue weighted by atomic mass is 16.1. The van der Waals surface area contributed by atoms with Crippen LogP contribution in [0.15, 0.2) is 42.6 Å². The van der Waals surface area contributed by atoms with E-state index in [1.807, 2.05) is 43.3 Å². The first-order chi connectivity index (χ1) is 12.1. The fraction of sp³-hybridized carbons (Fsp3) is 0.400. The molecule has 1 aliphatic rings. The molecule has 0 saturated carbocycles. The summed E-state index contributed by atoms with van der Waals surface area (Å²) >= 11 is 0. The summed E-state index contributed by atoms with van der Waals surface area (Å²) in [7, 11) is 2.16. The number of benzene rings is 1. The third kappa shape index (κ3) is 5.03. The maximum absolute atomic E-state index is 12.4. The molecule has 1 aliphatic heterocycles. The van der Waals surface area contributed by atoms with Gasteiger partial charge in [0.25, 0.3) is 0 Å². The number of piperidine rings is 1. The van der Waals surface area contributed by atoms with Crippen LogP contribution in [-0.2, 0) is 11.2 Å². The van der Waals surface area contributed by atoms with Crippen molar-refractivity contribution < 1.29 is 4.79 Å². The third-order valence-electron chi connectivity index (χ3n) is 4.62. The SMILES string of the molecule is Cc1ccc(CC(=O)Nc2ccccc2NC2CCN(C)CC2)cn1. The van der Waals surface area contributed by atoms with E-state index in [1.165, 1.54) is 0 Å². The highest BCUT2D eigenvalue weighted by Gasteiger charge is 2.17. The maximum Gasteiger partial charge on any atom is 0.228 e. The zero-order valence-corrected chi connectivity index (χ0v) is 15.0. The van der Waals surface area contributed by atoms with Crippen LogP contribution in [0.2, 0.25) is 0 Å². The van der Waals surface area contributed by atoms with Crippen LogP contribution in [0, 0.1) is 6.92 Å². The van der Waals surface area contributed by atoms with Gasteiger partial charge in [-0.2, -0.15) is 0 Å². The Morgan fingerprint density at radius 3 is 2.56 bits per heavy atom. The Hall–Kier alpha value is -2.40. The van der Waals surface area contributed by atoms with Crippen LogP contribution in [0.4, 0.5) is 11.4 Å². The first-order valence-electron chi connectivity index (χ1n) is 8.85. The molecule has 2 N–H and O–H groups in total. The Bertz CT molecular complexity index is 706. The maximum atomic E-state index is 12.4. The van der Waals surface area contributed by atoms with E-state index >= 15 is 0 Å². The van der Waals surface area contributed by atoms with Crippen LogP contribution < -0.4 is 10.6 Å². The topological polar surface area (TPSA) is 57.3 Å². The second kappa shape index (κ2) is 8.12. The van der Waals surface area contributed by atoms with Gasteiger partial charge < -0.3 is 15.5 Å². The van der Waals surface area contributed by atoms with Gasteiger partial charge in [-0.15, -0.1) is 0 Å². The van der Waals surface area contributed by atoms with E-state index in [4.69, 9.17) is 0 Å². The summed E-state index contributed by atoms with van der Waals surface area (Å²) in [4.78, 5) is 19.0. The minimum atomic E-state index is -0.0247. The largest absolute Gasteiger partial charge is 0.381 e. The lowest BCUT2D eigenvalue weighted by Gasteiger charge is -2.30. The summed E-state index contributed by atoms with van der Waals surface area (Å²) in [6.45, 7) is 4.15. The lowest BCUT2D eigenvalue weighted by Crippen LogP contribution is -2.36. The van der Waals surface area contributed by atoms with E-state index in [9.17, 15) is 4.79 Å². The number of hydrogen-bond donors (Lipinski definition) is 2. The highest BCUT2D eigenvalue weighted by molar-refractivity contribution is 5.95. The van der Waals surface area contributed by atoms with Gasteiger partial charge in [-0.05, 0) is 63.7 Å². The van der Waals surface area contributed by atoms with Crippen molar-refractivity contribution in [1.29, 1.82) is 0 Å². The number of carbonyl (C=O) groups excluding carboxylic acids is 1. The summed E-state index contributed by atoms with van der Waals surface area (Å²) in [5.41, 5.74) is 3.71. The lowest BCUT2D eigenvalue weighted by molar-refractivity contribution is -0.115. The summed E-state index contributed by atoms with van der Waals surface area (Å²) in [5.74, 6) is -0.0247. The number of carbonyl (C=O) groups is 1. The number of rotatable bonds is 5. The van der Waals surface area contributed by atoms with Crippen molar-refractivity contribution in [3.8, 4) is 0 Å². The first-order valence-corrected chi connectivity index (χ1v) is 8.85. The van der Waals surface area contributed by atoms with Crippen LogP contribution in [0.25, 0.3) is 0 Å². The fourth-order valence-electron chi connectivity index (χ4n) is 3.07. The molecule has 1 aromatic heterocycles. The molecule has 0 aliphatic carbocycles. The molecule has 5 nitrogen and oxygen atoms in total. The summed E-state index contributed by atoms with van der Waals surface area (Å²) < 4.78 is 0. The summed E-state index contributed by atoms with van der Waals surface area (Å²) in [6, 6.07) is 12.3. The number of pyridine rings is 1. The van der Waals surface area contributed by atoms with Crippen molar-refractivity contribution in [3.05, 3.63) is 53.9 Å². The number of nitrogens with one attached hydrogen (secondary N) is 2. The zero-order chi connectivity index (χ0) is 17.6. The van der Waals surface area contributed by atoms with E-state index in [2.05, 4.69) is 27.6 Å². The molecule has 0 bridgehead atoms. The van der Waals surface area contributed by atoms with Crippen molar-refractivity contribution in [3.63, 3.8) is 0 Å². The third-order valence-corrected chi connectivity index (χ3v) is 4.62. The average molecular weight is 338 g/mol. The molecule has 25 heavy (non-hydrogen) atoms. The molecule has 2 aromatic rings. The Kier molecular flexibility index (Phi) is 5.66. The van der Waals surface area contributed by atoms with Crippen LogP contribution in [0.3, 0.4) is 0 Å². The second-order valence-corrected chi connectivity index (χ2v) is 6.80. The minimum Gasteiger partial charge on any atom is -0.381 e. The Morgan fingerprint density at radius 1 is 1.16 bits per heavy atom. The van der Waals surface area contributed by atoms with Gasteiger partial charge in [0.2, 0.25) is 5.91 Å². The molecule has 1 amide bonds. The van der Waals surface area contributed by atoms with Crippen molar-refractivity contribution in [2.24, 2.45) is 0 Å². The van der Waals surface area contributed by atoms with Crippen molar-refractivity contribution in [2.75, 3.05) is 30.8 Å². The van der Waals surface area contributed by atoms with Gasteiger partial charge in [-0.1, -0.05) is 18.2 Å². The summed E-state index contributed by atoms with van der Waals surface area (Å²) in [6.07, 6.45) is 4.33. The molecule has 0 atom stereocenters. The number of anilines is 2. The van der Waals surface area contributed by atoms with E-state index in [1.54, 1.807) is 6.20 Å². The molecular formula is C20H26N4O. The smallest absolute Gasteiger partial charge is 0.228 e. The number of likely N-dealkylation sites (tertiary alicyclic amines) is 1. The van der Waals surface area contributed by atoms with E-state index in [-0.39, 0.29) is 5.91 Å². The van der Waals surface area contributed by atoms with Gasteiger partial charge in [0, 0.05) is 17.9 Å². The van der Waals surface area contributed by atoms with Crippen molar-refractivity contribution in [2.45, 2.75) is 32.2 Å². The Balaban J connectivity index is 1.62. The predicted octanol–water partition coefficient (Wildman–Crippen LogP) is 3.08. The first kappa shape index (κ1) is 17.4. The van der Waals surface area contributed by atoms with Crippen LogP contribution in [-0.4, -0.2) is 42.0 Å². The molecular weight excluding hydrogens is 312 g/mol. The van der Waals surface area contributed by atoms with E-state index in [0.717, 1.165) is 48.6 Å². The molecule has 132 valence electrons. The van der Waals surface area contributed by atoms with Crippen LogP contribution in [0.1, 0.15) is 24.1 Å². The summed E-state index contributed by atoms with van der Waals surface area (Å²) in [5, 5.41) is 6.63. The molecule has 0 spiro atoms. The molecule has 1 fully saturated rings. The number of hydrogen-bond acceptors (Lipinski definition) is 4. The second-order valence-electron chi connectivity index (χ2n) is 6.80. The Labute approximate surface area is 149 Å². The van der Waals surface area contributed by atoms with Gasteiger partial charge in [0.1, 0.15) is 0 Å². The fourth-order valence-corrected chi connectivity index (χ4v) is 3.07. The quantitative estimate of drug-likeness (QED) is 0.880. The van der Waals surface area contributed by atoms with Crippen LogP contribution in [0.5, 0.6) is 0 Å². The van der Waals surface area contributed by atoms with Crippen molar-refractivity contribution in [1.82, 2.24) is 9.88 Å². The number of aromatic nitrogens is 1. The van der Waals surface area contributed by atoms with Crippen LogP contribution >= 0.6 is 0 Å². The number of amides is 1. The van der Waals surface area contributed by atoms with Gasteiger partial charge in [0.15, 0.2) is 0 Å². The van der Waals surface area contributed by atoms with Gasteiger partial charge in [-0.25, -0.2) is 0 Å². The van der Waals surface area contributed by atoms with Crippen molar-refractivity contribution >= 4 is 17.3 Å². The predicted molar refractivity (Wildman–Crippen MR) is 102 cm³/mol. The monoisotopic (exact) mass is 338 g/mol. The van der Waals surface area contributed by atoms with Gasteiger partial charge in [0.05, 0.1) is 17.8 Å². The Morgan fingerprint density at radius 2 is 1.88 bits per heavy atom. The molecule has 0 unspecified atom stereocenters. The average Bonchev–Trinajstić information content (AvgIpc) is 2.61. The molecule has 0 radical (unpaired) electrons. The standard InChI is InChI=1S/C20H26N4O/c1-15-7-8-16(14-21-15)13-20(25)23-19-6-4-3-5-18(19)22-17-9-11-24(2)12-10-17/h3-8,14,17,22H,9-13H2,1-2H3,(H,23,25). The molecule has 5 heteroatoms. The molecule has 3 rings (SSSR count). The highest BCUT2D eigenvalue weighted by Crippen LogP contribution is 2.24. The number of aryl methyl sites for hydroxylation is 1. The minimum absolute atomic E-state index is 0.0247. The number of para-hydroxylation sites is 2. The molecule has 1 saturated heterocycles. The lowest BCUT2D eigenvalue weighted by atomic mass is 10.0. The number of nitrogens with zero attached hydrogens (tertiary/aromatic N) is 2. The zero-order valence-electron chi connectivity index (χ0n) is 15.0. The van der Waals surface area contributed by atoms with E-state index < -0.39 is 0 Å². The normalized spacial score (nSPS) is 15.8. The molecule has 1 aromatic carbocycles. The van der Waals surface area contributed by atoms with Gasteiger partial charge in [-0.3, -0.25) is 9.78 Å².